The third-order valence-electron chi connectivity index (χ3n) is 6.34. The van der Waals surface area contributed by atoms with Gasteiger partial charge in [-0.1, -0.05) is 17.7 Å². The van der Waals surface area contributed by atoms with E-state index in [2.05, 4.69) is 5.32 Å². The van der Waals surface area contributed by atoms with Gasteiger partial charge in [-0.15, -0.1) is 0 Å². The molecule has 1 aliphatic rings. The van der Waals surface area contributed by atoms with E-state index in [1.165, 1.54) is 13.8 Å². The molecule has 188 valence electrons. The van der Waals surface area contributed by atoms with Gasteiger partial charge in [0, 0.05) is 12.6 Å². The molecular weight excluding hydrogens is 518 g/mol. The lowest BCUT2D eigenvalue weighted by Gasteiger charge is -2.45. The van der Waals surface area contributed by atoms with Crippen molar-refractivity contribution in [2.24, 2.45) is 5.92 Å². The summed E-state index contributed by atoms with van der Waals surface area (Å²) in [6.07, 6.45) is -3.80. The van der Waals surface area contributed by atoms with Crippen molar-refractivity contribution >= 4 is 31.3 Å². The predicted octanol–water partition coefficient (Wildman–Crippen LogP) is 4.89. The second kappa shape index (κ2) is 9.40. The molecule has 0 heterocycles. The van der Waals surface area contributed by atoms with E-state index in [1.807, 2.05) is 0 Å². The number of benzene rings is 2. The zero-order valence-corrected chi connectivity index (χ0v) is 20.8. The van der Waals surface area contributed by atoms with Crippen LogP contribution in [0.25, 0.3) is 0 Å². The molecule has 0 unspecified atom stereocenters. The second-order valence-electron chi connectivity index (χ2n) is 8.85. The smallest absolute Gasteiger partial charge is 0.313 e. The van der Waals surface area contributed by atoms with Crippen LogP contribution in [0.15, 0.2) is 52.3 Å². The number of halogens is 5. The summed E-state index contributed by atoms with van der Waals surface area (Å²) in [6.45, 7) is 3.08. The van der Waals surface area contributed by atoms with E-state index >= 15 is 0 Å². The fourth-order valence-electron chi connectivity index (χ4n) is 3.90. The predicted molar refractivity (Wildman–Crippen MR) is 121 cm³/mol. The van der Waals surface area contributed by atoms with Gasteiger partial charge in [0.05, 0.1) is 30.9 Å². The number of hydrogen-bond acceptors (Lipinski definition) is 5. The Morgan fingerprint density at radius 1 is 1.00 bits per heavy atom. The highest BCUT2D eigenvalue weighted by Crippen LogP contribution is 2.44. The van der Waals surface area contributed by atoms with E-state index in [-0.39, 0.29) is 39.1 Å². The quantitative estimate of drug-likeness (QED) is 0.380. The van der Waals surface area contributed by atoms with Crippen molar-refractivity contribution in [1.29, 1.82) is 0 Å². The molecular formula is C22H24ClF4NO4S2. The minimum Gasteiger partial charge on any atom is -0.313 e. The van der Waals surface area contributed by atoms with E-state index in [1.54, 1.807) is 0 Å². The molecule has 0 spiro atoms. The topological polar surface area (TPSA) is 80.3 Å². The van der Waals surface area contributed by atoms with Gasteiger partial charge in [-0.05, 0) is 69.0 Å². The standard InChI is InChI=1S/C22H24ClF4NO4S2/c1-21(2,34(31,32)18-5-3-4-14(12-18)22(25,26)27)15-10-16(11-15)28-8-9-33(29,30)17-6-7-20(24)19(23)13-17/h3-7,12-13,15-16,28H,8-11H2,1-2H3. The second-order valence-corrected chi connectivity index (χ2v) is 13.9. The van der Waals surface area contributed by atoms with Gasteiger partial charge in [-0.3, -0.25) is 0 Å². The molecule has 0 bridgehead atoms. The Kier molecular flexibility index (Phi) is 7.44. The average Bonchev–Trinajstić information content (AvgIpc) is 2.70. The normalized spacial score (nSPS) is 19.6. The maximum Gasteiger partial charge on any atom is 0.416 e. The van der Waals surface area contributed by atoms with Crippen molar-refractivity contribution in [2.45, 2.75) is 53.4 Å². The first kappa shape index (κ1) is 26.9. The number of alkyl halides is 3. The average molecular weight is 542 g/mol. The van der Waals surface area contributed by atoms with Crippen molar-refractivity contribution < 1.29 is 34.4 Å². The van der Waals surface area contributed by atoms with E-state index < -0.39 is 42.0 Å². The molecule has 0 aromatic heterocycles. The molecule has 12 heteroatoms. The molecule has 1 aliphatic carbocycles. The molecule has 0 radical (unpaired) electrons. The Bertz CT molecular complexity index is 1270. The molecule has 0 saturated heterocycles. The Hall–Kier alpha value is -1.69. The Labute approximate surface area is 201 Å². The molecule has 5 nitrogen and oxygen atoms in total. The molecule has 0 aliphatic heterocycles. The minimum absolute atomic E-state index is 0.0928. The third-order valence-corrected chi connectivity index (χ3v) is 10.9. The van der Waals surface area contributed by atoms with Crippen molar-refractivity contribution in [2.75, 3.05) is 12.3 Å². The molecule has 1 fully saturated rings. The summed E-state index contributed by atoms with van der Waals surface area (Å²) in [7, 11) is -7.76. The van der Waals surface area contributed by atoms with Gasteiger partial charge in [0.2, 0.25) is 0 Å². The number of nitrogens with one attached hydrogen (secondary N) is 1. The third kappa shape index (κ3) is 5.42. The Morgan fingerprint density at radius 2 is 1.65 bits per heavy atom. The van der Waals surface area contributed by atoms with Gasteiger partial charge >= 0.3 is 6.18 Å². The fraction of sp³-hybridized carbons (Fsp3) is 0.455. The van der Waals surface area contributed by atoms with Crippen LogP contribution in [-0.4, -0.2) is 39.9 Å². The molecule has 1 N–H and O–H groups in total. The lowest BCUT2D eigenvalue weighted by molar-refractivity contribution is -0.137. The largest absolute Gasteiger partial charge is 0.416 e. The van der Waals surface area contributed by atoms with Crippen LogP contribution < -0.4 is 5.32 Å². The zero-order valence-electron chi connectivity index (χ0n) is 18.4. The maximum absolute atomic E-state index is 13.3. The molecule has 0 atom stereocenters. The van der Waals surface area contributed by atoms with Crippen molar-refractivity contribution in [3.63, 3.8) is 0 Å². The minimum atomic E-state index is -4.65. The molecule has 3 rings (SSSR count). The van der Waals surface area contributed by atoms with Gasteiger partial charge in [0.15, 0.2) is 19.7 Å². The van der Waals surface area contributed by atoms with Crippen LogP contribution in [0.2, 0.25) is 5.02 Å². The first-order valence-electron chi connectivity index (χ1n) is 10.4. The number of rotatable bonds is 8. The van der Waals surface area contributed by atoms with E-state index in [4.69, 9.17) is 11.6 Å². The first-order valence-corrected chi connectivity index (χ1v) is 13.9. The monoisotopic (exact) mass is 541 g/mol. The van der Waals surface area contributed by atoms with E-state index in [0.717, 1.165) is 36.4 Å². The Morgan fingerprint density at radius 3 is 2.24 bits per heavy atom. The number of hydrogen-bond donors (Lipinski definition) is 1. The lowest BCUT2D eigenvalue weighted by Crippen LogP contribution is -2.53. The van der Waals surface area contributed by atoms with Crippen LogP contribution in [0.1, 0.15) is 32.3 Å². The Balaban J connectivity index is 1.59. The van der Waals surface area contributed by atoms with Crippen LogP contribution >= 0.6 is 11.6 Å². The van der Waals surface area contributed by atoms with Crippen LogP contribution in [-0.2, 0) is 25.9 Å². The van der Waals surface area contributed by atoms with Crippen LogP contribution in [0.3, 0.4) is 0 Å². The van der Waals surface area contributed by atoms with Gasteiger partial charge in [0.25, 0.3) is 0 Å². The van der Waals surface area contributed by atoms with Gasteiger partial charge in [-0.25, -0.2) is 21.2 Å². The number of sulfone groups is 2. The molecule has 0 amide bonds. The van der Waals surface area contributed by atoms with Crippen molar-refractivity contribution in [3.8, 4) is 0 Å². The van der Waals surface area contributed by atoms with Gasteiger partial charge < -0.3 is 5.32 Å². The lowest BCUT2D eigenvalue weighted by atomic mass is 9.73. The summed E-state index contributed by atoms with van der Waals surface area (Å²) in [6, 6.07) is 6.74. The SMILES string of the molecule is CC(C)(C1CC(NCCS(=O)(=O)c2ccc(F)c(Cl)c2)C1)S(=O)(=O)c1cccc(C(F)(F)F)c1. The zero-order chi connectivity index (χ0) is 25.5. The summed E-state index contributed by atoms with van der Waals surface area (Å²) >= 11 is 5.65. The molecule has 34 heavy (non-hydrogen) atoms. The van der Waals surface area contributed by atoms with Gasteiger partial charge in [0.1, 0.15) is 5.82 Å². The summed E-state index contributed by atoms with van der Waals surface area (Å²) in [5, 5.41) is 2.77. The highest BCUT2D eigenvalue weighted by Gasteiger charge is 2.48. The van der Waals surface area contributed by atoms with E-state index in [9.17, 15) is 34.4 Å². The molecule has 1 saturated carbocycles. The van der Waals surface area contributed by atoms with Crippen LogP contribution in [0.5, 0.6) is 0 Å². The molecule has 2 aromatic carbocycles. The summed E-state index contributed by atoms with van der Waals surface area (Å²) in [5.74, 6) is -1.30. The summed E-state index contributed by atoms with van der Waals surface area (Å²) in [4.78, 5) is -0.478. The van der Waals surface area contributed by atoms with Crippen LogP contribution in [0.4, 0.5) is 17.6 Å². The van der Waals surface area contributed by atoms with E-state index in [0.29, 0.717) is 18.9 Å². The highest BCUT2D eigenvalue weighted by atomic mass is 35.5. The summed E-state index contributed by atoms with van der Waals surface area (Å²) < 4.78 is 102. The first-order chi connectivity index (χ1) is 15.6. The van der Waals surface area contributed by atoms with Crippen molar-refractivity contribution in [3.05, 3.63) is 58.9 Å². The maximum atomic E-state index is 13.3. The summed E-state index contributed by atoms with van der Waals surface area (Å²) in [5.41, 5.74) is -1.03. The molecule has 2 aromatic rings. The highest BCUT2D eigenvalue weighted by molar-refractivity contribution is 7.92. The fourth-order valence-corrected chi connectivity index (χ4v) is 7.12. The van der Waals surface area contributed by atoms with Crippen molar-refractivity contribution in [1.82, 2.24) is 5.32 Å². The van der Waals surface area contributed by atoms with Gasteiger partial charge in [-0.2, -0.15) is 13.2 Å². The van der Waals surface area contributed by atoms with Crippen LogP contribution in [0, 0.1) is 11.7 Å².